The molecular formula is C44H26O. The molecule has 0 amide bonds. The molecule has 0 fully saturated rings. The number of hydrogen-bond acceptors (Lipinski definition) is 1. The number of furan rings is 1. The number of rotatable bonds is 3. The van der Waals surface area contributed by atoms with Gasteiger partial charge in [-0.1, -0.05) is 140 Å². The molecule has 0 aliphatic carbocycles. The molecule has 1 heteroatoms. The van der Waals surface area contributed by atoms with Crippen LogP contribution in [0.3, 0.4) is 0 Å². The Morgan fingerprint density at radius 1 is 0.311 bits per heavy atom. The fourth-order valence-electron chi connectivity index (χ4n) is 7.71. The Kier molecular flexibility index (Phi) is 5.06. The van der Waals surface area contributed by atoms with Crippen molar-refractivity contribution < 1.29 is 4.42 Å². The molecule has 0 spiro atoms. The average molecular weight is 571 g/mol. The normalized spacial score (nSPS) is 12.0. The topological polar surface area (TPSA) is 13.1 Å². The lowest BCUT2D eigenvalue weighted by molar-refractivity contribution is 0.670. The molecule has 0 unspecified atom stereocenters. The monoisotopic (exact) mass is 570 g/mol. The highest BCUT2D eigenvalue weighted by atomic mass is 16.3. The van der Waals surface area contributed by atoms with Gasteiger partial charge in [0.2, 0.25) is 0 Å². The summed E-state index contributed by atoms with van der Waals surface area (Å²) < 4.78 is 6.68. The maximum Gasteiger partial charge on any atom is 0.143 e. The van der Waals surface area contributed by atoms with Crippen LogP contribution >= 0.6 is 0 Å². The fraction of sp³-hybridized carbons (Fsp3) is 0. The SMILES string of the molecule is c1ccc(-c2ccc3ccc4c(-c5c6ccccc6c(-c6cccc7ccccc67)c6ccccc56)ccc5oc2c3c54)cc1. The van der Waals surface area contributed by atoms with Gasteiger partial charge in [-0.3, -0.25) is 0 Å². The summed E-state index contributed by atoms with van der Waals surface area (Å²) in [7, 11) is 0. The number of hydrogen-bond donors (Lipinski definition) is 0. The summed E-state index contributed by atoms with van der Waals surface area (Å²) >= 11 is 0. The standard InChI is InChI=1S/C44H26O/c1-2-11-28(12-3-1)31-23-21-29-22-24-38-37(25-26-39-43(38)40(29)44(31)45-39)42-35-18-8-6-16-33(35)41(34-17-7-9-19-36(34)42)32-20-10-14-27-13-4-5-15-30(27)32/h1-26H. The smallest absolute Gasteiger partial charge is 0.143 e. The molecule has 10 rings (SSSR count). The predicted octanol–water partition coefficient (Wildman–Crippen LogP) is 12.6. The van der Waals surface area contributed by atoms with Gasteiger partial charge >= 0.3 is 0 Å². The molecule has 9 aromatic carbocycles. The Hall–Kier alpha value is -5.92. The van der Waals surface area contributed by atoms with E-state index in [-0.39, 0.29) is 0 Å². The molecule has 10 aromatic rings. The molecule has 0 aliphatic heterocycles. The van der Waals surface area contributed by atoms with Gasteiger partial charge in [0.15, 0.2) is 0 Å². The van der Waals surface area contributed by atoms with Crippen molar-refractivity contribution in [3.63, 3.8) is 0 Å². The van der Waals surface area contributed by atoms with E-state index >= 15 is 0 Å². The Morgan fingerprint density at radius 2 is 0.867 bits per heavy atom. The van der Waals surface area contributed by atoms with Crippen LogP contribution in [0.1, 0.15) is 0 Å². The summed E-state index contributed by atoms with van der Waals surface area (Å²) in [6, 6.07) is 57.2. The molecule has 1 heterocycles. The maximum absolute atomic E-state index is 6.68. The van der Waals surface area contributed by atoms with Crippen LogP contribution in [-0.2, 0) is 0 Å². The third-order valence-corrected chi connectivity index (χ3v) is 9.63. The molecule has 0 aliphatic rings. The summed E-state index contributed by atoms with van der Waals surface area (Å²) in [5.41, 5.74) is 9.23. The van der Waals surface area contributed by atoms with E-state index in [4.69, 9.17) is 4.42 Å². The highest BCUT2D eigenvalue weighted by Gasteiger charge is 2.22. The lowest BCUT2D eigenvalue weighted by atomic mass is 9.83. The van der Waals surface area contributed by atoms with Crippen LogP contribution in [-0.4, -0.2) is 0 Å². The summed E-state index contributed by atoms with van der Waals surface area (Å²) in [6.45, 7) is 0. The predicted molar refractivity (Wildman–Crippen MR) is 191 cm³/mol. The molecule has 0 saturated carbocycles. The van der Waals surface area contributed by atoms with Crippen LogP contribution in [0.15, 0.2) is 162 Å². The van der Waals surface area contributed by atoms with E-state index in [9.17, 15) is 0 Å². The molecule has 0 N–H and O–H groups in total. The van der Waals surface area contributed by atoms with E-state index in [1.54, 1.807) is 0 Å². The van der Waals surface area contributed by atoms with Crippen molar-refractivity contribution in [1.82, 2.24) is 0 Å². The molecule has 0 bridgehead atoms. The molecule has 1 aromatic heterocycles. The third-order valence-electron chi connectivity index (χ3n) is 9.63. The second kappa shape index (κ2) is 9.29. The second-order valence-electron chi connectivity index (χ2n) is 12.0. The zero-order valence-electron chi connectivity index (χ0n) is 24.4. The molecule has 0 radical (unpaired) electrons. The fourth-order valence-corrected chi connectivity index (χ4v) is 7.71. The van der Waals surface area contributed by atoms with Gasteiger partial charge in [0.05, 0.1) is 0 Å². The van der Waals surface area contributed by atoms with E-state index in [1.165, 1.54) is 81.7 Å². The van der Waals surface area contributed by atoms with Crippen LogP contribution in [0, 0.1) is 0 Å². The number of benzene rings is 9. The van der Waals surface area contributed by atoms with Crippen LogP contribution in [0.5, 0.6) is 0 Å². The lowest BCUT2D eigenvalue weighted by Gasteiger charge is -2.19. The second-order valence-corrected chi connectivity index (χ2v) is 12.0. The minimum Gasteiger partial charge on any atom is -0.455 e. The van der Waals surface area contributed by atoms with Crippen molar-refractivity contribution in [2.45, 2.75) is 0 Å². The summed E-state index contributed by atoms with van der Waals surface area (Å²) in [4.78, 5) is 0. The van der Waals surface area contributed by atoms with Gasteiger partial charge in [-0.2, -0.15) is 0 Å². The first-order valence-electron chi connectivity index (χ1n) is 15.5. The first-order valence-corrected chi connectivity index (χ1v) is 15.5. The molecule has 0 saturated heterocycles. The Balaban J connectivity index is 1.33. The van der Waals surface area contributed by atoms with E-state index in [0.717, 1.165) is 16.7 Å². The van der Waals surface area contributed by atoms with E-state index in [0.29, 0.717) is 0 Å². The highest BCUT2D eigenvalue weighted by Crippen LogP contribution is 2.49. The van der Waals surface area contributed by atoms with Crippen LogP contribution < -0.4 is 0 Å². The van der Waals surface area contributed by atoms with Gasteiger partial charge in [-0.15, -0.1) is 0 Å². The van der Waals surface area contributed by atoms with Gasteiger partial charge in [-0.05, 0) is 89.1 Å². The zero-order chi connectivity index (χ0) is 29.5. The summed E-state index contributed by atoms with van der Waals surface area (Å²) in [6.07, 6.45) is 0. The van der Waals surface area contributed by atoms with Gasteiger partial charge in [-0.25, -0.2) is 0 Å². The first kappa shape index (κ1) is 24.5. The van der Waals surface area contributed by atoms with E-state index < -0.39 is 0 Å². The Labute approximate surface area is 259 Å². The minimum atomic E-state index is 0.929. The summed E-state index contributed by atoms with van der Waals surface area (Å²) in [5, 5.41) is 12.4. The third kappa shape index (κ3) is 3.44. The molecule has 208 valence electrons. The molecule has 45 heavy (non-hydrogen) atoms. The molecule has 1 nitrogen and oxygen atoms in total. The van der Waals surface area contributed by atoms with Crippen LogP contribution in [0.4, 0.5) is 0 Å². The Morgan fingerprint density at radius 3 is 1.58 bits per heavy atom. The van der Waals surface area contributed by atoms with Gasteiger partial charge in [0.1, 0.15) is 11.2 Å². The van der Waals surface area contributed by atoms with Crippen molar-refractivity contribution >= 4 is 65.0 Å². The lowest BCUT2D eigenvalue weighted by Crippen LogP contribution is -1.92. The molecule has 0 atom stereocenters. The van der Waals surface area contributed by atoms with Crippen LogP contribution in [0.2, 0.25) is 0 Å². The number of fused-ring (bicyclic) bond motifs is 3. The van der Waals surface area contributed by atoms with Crippen molar-refractivity contribution in [3.05, 3.63) is 158 Å². The van der Waals surface area contributed by atoms with Gasteiger partial charge in [0.25, 0.3) is 0 Å². The maximum atomic E-state index is 6.68. The quantitative estimate of drug-likeness (QED) is 0.152. The first-order chi connectivity index (χ1) is 22.3. The van der Waals surface area contributed by atoms with E-state index in [1.807, 2.05) is 0 Å². The van der Waals surface area contributed by atoms with Crippen molar-refractivity contribution in [1.29, 1.82) is 0 Å². The average Bonchev–Trinajstić information content (AvgIpc) is 3.50. The summed E-state index contributed by atoms with van der Waals surface area (Å²) in [5.74, 6) is 0. The van der Waals surface area contributed by atoms with Crippen molar-refractivity contribution in [3.8, 4) is 33.4 Å². The Bertz CT molecular complexity index is 2680. The van der Waals surface area contributed by atoms with Crippen molar-refractivity contribution in [2.24, 2.45) is 0 Å². The van der Waals surface area contributed by atoms with Gasteiger partial charge in [0, 0.05) is 16.3 Å². The van der Waals surface area contributed by atoms with Gasteiger partial charge < -0.3 is 4.42 Å². The minimum absolute atomic E-state index is 0.929. The van der Waals surface area contributed by atoms with Crippen molar-refractivity contribution in [2.75, 3.05) is 0 Å². The molecular weight excluding hydrogens is 544 g/mol. The van der Waals surface area contributed by atoms with Crippen LogP contribution in [0.25, 0.3) is 98.4 Å². The highest BCUT2D eigenvalue weighted by molar-refractivity contribution is 6.30. The van der Waals surface area contributed by atoms with E-state index in [2.05, 4.69) is 158 Å². The zero-order valence-corrected chi connectivity index (χ0v) is 24.4. The largest absolute Gasteiger partial charge is 0.455 e.